The van der Waals surface area contributed by atoms with Gasteiger partial charge in [-0.2, -0.15) is 0 Å². The van der Waals surface area contributed by atoms with Crippen molar-refractivity contribution in [1.82, 2.24) is 20.8 Å². The Morgan fingerprint density at radius 1 is 1.12 bits per heavy atom. The van der Waals surface area contributed by atoms with E-state index in [9.17, 15) is 0 Å². The van der Waals surface area contributed by atoms with Crippen LogP contribution in [0.4, 0.5) is 11.5 Å². The van der Waals surface area contributed by atoms with Crippen molar-refractivity contribution in [2.75, 3.05) is 18.4 Å². The molecule has 130 valence electrons. The molecule has 2 aliphatic heterocycles. The highest BCUT2D eigenvalue weighted by Crippen LogP contribution is 2.36. The van der Waals surface area contributed by atoms with Gasteiger partial charge in [-0.15, -0.1) is 10.2 Å². The van der Waals surface area contributed by atoms with E-state index in [-0.39, 0.29) is 5.54 Å². The number of rotatable bonds is 2. The van der Waals surface area contributed by atoms with Gasteiger partial charge in [-0.3, -0.25) is 0 Å². The number of aromatic nitrogens is 2. The van der Waals surface area contributed by atoms with Crippen molar-refractivity contribution >= 4 is 40.5 Å². The number of nitrogens with zero attached hydrogens (tertiary/aromatic N) is 3. The topological polar surface area (TPSA) is 74.2 Å². The van der Waals surface area contributed by atoms with Crippen LogP contribution in [0, 0.1) is 0 Å². The maximum Gasteiger partial charge on any atom is 0.175 e. The van der Waals surface area contributed by atoms with Crippen molar-refractivity contribution in [2.24, 2.45) is 4.99 Å². The summed E-state index contributed by atoms with van der Waals surface area (Å²) in [5.41, 5.74) is 1.55. The van der Waals surface area contributed by atoms with Crippen molar-refractivity contribution in [3.63, 3.8) is 0 Å². The third-order valence-corrected chi connectivity index (χ3v) is 5.01. The highest BCUT2D eigenvalue weighted by molar-refractivity contribution is 6.30. The molecule has 1 aromatic heterocycles. The molecule has 0 saturated carbocycles. The summed E-state index contributed by atoms with van der Waals surface area (Å²) in [4.78, 5) is 4.82. The lowest BCUT2D eigenvalue weighted by molar-refractivity contribution is 0.411. The molecule has 8 heteroatoms. The minimum absolute atomic E-state index is 0.265. The number of amidine groups is 1. The van der Waals surface area contributed by atoms with E-state index in [0.717, 1.165) is 42.4 Å². The number of halogens is 2. The maximum atomic E-state index is 6.08. The highest BCUT2D eigenvalue weighted by atomic mass is 35.5. The Labute approximate surface area is 156 Å². The van der Waals surface area contributed by atoms with Crippen molar-refractivity contribution in [2.45, 2.75) is 24.9 Å². The van der Waals surface area contributed by atoms with E-state index >= 15 is 0 Å². The first-order chi connectivity index (χ1) is 12.1. The second-order valence-electron chi connectivity index (χ2n) is 6.30. The summed E-state index contributed by atoms with van der Waals surface area (Å²) in [7, 11) is 0. The van der Waals surface area contributed by atoms with Crippen LogP contribution in [0.25, 0.3) is 0 Å². The molecule has 25 heavy (non-hydrogen) atoms. The normalized spacial score (nSPS) is 18.2. The van der Waals surface area contributed by atoms with E-state index in [0.29, 0.717) is 23.2 Å². The van der Waals surface area contributed by atoms with Gasteiger partial charge in [-0.25, -0.2) is 4.99 Å². The van der Waals surface area contributed by atoms with Gasteiger partial charge >= 0.3 is 0 Å². The van der Waals surface area contributed by atoms with E-state index in [1.54, 1.807) is 6.07 Å². The average Bonchev–Trinajstić information content (AvgIpc) is 2.61. The van der Waals surface area contributed by atoms with Crippen LogP contribution in [0.3, 0.4) is 0 Å². The molecule has 3 heterocycles. The summed E-state index contributed by atoms with van der Waals surface area (Å²) >= 11 is 12.1. The predicted octanol–water partition coefficient (Wildman–Crippen LogP) is 3.15. The van der Waals surface area contributed by atoms with E-state index in [1.165, 1.54) is 0 Å². The van der Waals surface area contributed by atoms with Crippen LogP contribution in [-0.2, 0) is 6.54 Å². The number of piperidine rings is 1. The number of fused-ring (bicyclic) bond motifs is 1. The summed E-state index contributed by atoms with van der Waals surface area (Å²) in [5, 5.41) is 19.6. The molecule has 1 spiro atoms. The van der Waals surface area contributed by atoms with Gasteiger partial charge in [-0.05, 0) is 43.6 Å². The number of benzene rings is 1. The van der Waals surface area contributed by atoms with Crippen LogP contribution in [0.1, 0.15) is 18.4 Å². The van der Waals surface area contributed by atoms with Gasteiger partial charge in [0.25, 0.3) is 0 Å². The smallest absolute Gasteiger partial charge is 0.175 e. The molecule has 0 amide bonds. The average molecular weight is 377 g/mol. The lowest BCUT2D eigenvalue weighted by Gasteiger charge is -2.42. The Bertz CT molecular complexity index is 817. The quantitative estimate of drug-likeness (QED) is 0.750. The Hall–Kier alpha value is -1.89. The summed E-state index contributed by atoms with van der Waals surface area (Å²) in [6.07, 6.45) is 1.83. The van der Waals surface area contributed by atoms with Crippen LogP contribution < -0.4 is 16.0 Å². The molecule has 1 fully saturated rings. The van der Waals surface area contributed by atoms with Crippen LogP contribution in [0.2, 0.25) is 10.2 Å². The molecule has 0 atom stereocenters. The van der Waals surface area contributed by atoms with E-state index < -0.39 is 0 Å². The fourth-order valence-corrected chi connectivity index (χ4v) is 3.66. The first-order valence-corrected chi connectivity index (χ1v) is 9.00. The molecule has 0 radical (unpaired) electrons. The Morgan fingerprint density at radius 2 is 1.96 bits per heavy atom. The zero-order chi connectivity index (χ0) is 17.3. The van der Waals surface area contributed by atoms with Gasteiger partial charge in [0.2, 0.25) is 0 Å². The van der Waals surface area contributed by atoms with Crippen molar-refractivity contribution in [1.29, 1.82) is 0 Å². The third-order valence-electron chi connectivity index (χ3n) is 4.59. The van der Waals surface area contributed by atoms with Gasteiger partial charge in [0.15, 0.2) is 11.0 Å². The summed E-state index contributed by atoms with van der Waals surface area (Å²) in [6, 6.07) is 9.55. The number of anilines is 1. The second-order valence-corrected chi connectivity index (χ2v) is 7.13. The fourth-order valence-electron chi connectivity index (χ4n) is 3.30. The highest BCUT2D eigenvalue weighted by Gasteiger charge is 2.41. The molecule has 1 saturated heterocycles. The number of hydrogen-bond donors (Lipinski definition) is 3. The SMILES string of the molecule is Clc1cccc(CNC2=Nc3cc(Cl)nnc3NC23CCNCC3)c1. The summed E-state index contributed by atoms with van der Waals surface area (Å²) < 4.78 is 0. The second kappa shape index (κ2) is 6.78. The monoisotopic (exact) mass is 376 g/mol. The molecule has 0 aliphatic carbocycles. The lowest BCUT2D eigenvalue weighted by Crippen LogP contribution is -2.58. The van der Waals surface area contributed by atoms with Crippen LogP contribution in [0.15, 0.2) is 35.3 Å². The molecule has 2 aromatic rings. The van der Waals surface area contributed by atoms with Crippen molar-refractivity contribution in [3.05, 3.63) is 46.1 Å². The molecule has 2 aliphatic rings. The third kappa shape index (κ3) is 3.42. The van der Waals surface area contributed by atoms with Gasteiger partial charge in [0.1, 0.15) is 11.5 Å². The minimum atomic E-state index is -0.265. The fraction of sp³-hybridized carbons (Fsp3) is 0.353. The molecule has 6 nitrogen and oxygen atoms in total. The zero-order valence-corrected chi connectivity index (χ0v) is 15.0. The molecule has 4 rings (SSSR count). The van der Waals surface area contributed by atoms with Crippen molar-refractivity contribution in [3.8, 4) is 0 Å². The first kappa shape index (κ1) is 16.6. The molecular formula is C17H18Cl2N6. The predicted molar refractivity (Wildman–Crippen MR) is 101 cm³/mol. The van der Waals surface area contributed by atoms with Crippen LogP contribution in [0.5, 0.6) is 0 Å². The number of aliphatic imine (C=N–C) groups is 1. The van der Waals surface area contributed by atoms with Crippen LogP contribution >= 0.6 is 23.2 Å². The number of nitrogens with one attached hydrogen (secondary N) is 3. The molecular weight excluding hydrogens is 359 g/mol. The largest absolute Gasteiger partial charge is 0.367 e. The van der Waals surface area contributed by atoms with Gasteiger partial charge in [0.05, 0.1) is 5.54 Å². The Kier molecular flexibility index (Phi) is 4.50. The summed E-state index contributed by atoms with van der Waals surface area (Å²) in [5.74, 6) is 1.59. The van der Waals surface area contributed by atoms with Gasteiger partial charge < -0.3 is 16.0 Å². The van der Waals surface area contributed by atoms with E-state index in [2.05, 4.69) is 26.1 Å². The Morgan fingerprint density at radius 3 is 2.76 bits per heavy atom. The molecule has 1 aromatic carbocycles. The number of hydrogen-bond acceptors (Lipinski definition) is 6. The van der Waals surface area contributed by atoms with E-state index in [1.807, 2.05) is 24.3 Å². The van der Waals surface area contributed by atoms with Crippen LogP contribution in [-0.4, -0.2) is 34.7 Å². The van der Waals surface area contributed by atoms with Crippen molar-refractivity contribution < 1.29 is 0 Å². The van der Waals surface area contributed by atoms with Gasteiger partial charge in [-0.1, -0.05) is 35.3 Å². The molecule has 0 unspecified atom stereocenters. The van der Waals surface area contributed by atoms with Gasteiger partial charge in [0, 0.05) is 17.6 Å². The Balaban J connectivity index is 1.65. The minimum Gasteiger partial charge on any atom is -0.367 e. The summed E-state index contributed by atoms with van der Waals surface area (Å²) in [6.45, 7) is 2.49. The lowest BCUT2D eigenvalue weighted by atomic mass is 9.85. The molecule has 3 N–H and O–H groups in total. The standard InChI is InChI=1S/C17H18Cl2N6/c18-12-3-1-2-11(8-12)10-21-16-17(4-6-20-7-5-17)23-15-13(22-16)9-14(19)24-25-15/h1-3,8-9,20H,4-7,10H2,(H,21,22)(H,23,25). The van der Waals surface area contributed by atoms with E-state index in [4.69, 9.17) is 28.2 Å². The molecule has 0 bridgehead atoms. The maximum absolute atomic E-state index is 6.08. The first-order valence-electron chi connectivity index (χ1n) is 8.24. The zero-order valence-electron chi connectivity index (χ0n) is 13.5.